The third-order valence-corrected chi connectivity index (χ3v) is 3.25. The predicted octanol–water partition coefficient (Wildman–Crippen LogP) is 2.25. The fraction of sp³-hybridized carbons (Fsp3) is 0.333. The van der Waals surface area contributed by atoms with Gasteiger partial charge in [-0.05, 0) is 29.2 Å². The van der Waals surface area contributed by atoms with E-state index in [1.54, 1.807) is 7.11 Å². The summed E-state index contributed by atoms with van der Waals surface area (Å²) in [6, 6.07) is 15.1. The maximum Gasteiger partial charge on any atom is 0.0477 e. The maximum atomic E-state index is 5.60. The van der Waals surface area contributed by atoms with Crippen LogP contribution >= 0.6 is 0 Å². The molecule has 0 heterocycles. The Bertz CT molecular complexity index is 493. The van der Waals surface area contributed by atoms with Gasteiger partial charge in [0.2, 0.25) is 0 Å². The van der Waals surface area contributed by atoms with Crippen LogP contribution in [0.4, 0.5) is 0 Å². The van der Waals surface area contributed by atoms with Crippen molar-refractivity contribution >= 4 is 10.8 Å². The average Bonchev–Trinajstić information content (AvgIpc) is 2.43. The fourth-order valence-corrected chi connectivity index (χ4v) is 2.24. The van der Waals surface area contributed by atoms with Crippen molar-refractivity contribution in [2.24, 2.45) is 5.84 Å². The van der Waals surface area contributed by atoms with Crippen LogP contribution in [0, 0.1) is 0 Å². The van der Waals surface area contributed by atoms with Gasteiger partial charge in [-0.1, -0.05) is 42.5 Å². The van der Waals surface area contributed by atoms with E-state index in [0.29, 0.717) is 0 Å². The Labute approximate surface area is 108 Å². The number of nitrogens with two attached hydrogens (primary N) is 1. The van der Waals surface area contributed by atoms with E-state index in [9.17, 15) is 0 Å². The lowest BCUT2D eigenvalue weighted by molar-refractivity contribution is 0.182. The molecule has 0 aliphatic heterocycles. The van der Waals surface area contributed by atoms with E-state index in [4.69, 9.17) is 10.6 Å². The second-order valence-corrected chi connectivity index (χ2v) is 4.49. The summed E-state index contributed by atoms with van der Waals surface area (Å²) < 4.78 is 5.10. The number of nitrogens with one attached hydrogen (secondary N) is 1. The first-order chi connectivity index (χ1) is 8.85. The van der Waals surface area contributed by atoms with Crippen LogP contribution in [0.3, 0.4) is 0 Å². The summed E-state index contributed by atoms with van der Waals surface area (Å²) in [7, 11) is 1.71. The van der Waals surface area contributed by atoms with Crippen LogP contribution in [0.2, 0.25) is 0 Å². The average molecular weight is 244 g/mol. The predicted molar refractivity (Wildman–Crippen MR) is 75.3 cm³/mol. The van der Waals surface area contributed by atoms with Gasteiger partial charge >= 0.3 is 0 Å². The molecule has 0 saturated heterocycles. The Hall–Kier alpha value is -1.42. The van der Waals surface area contributed by atoms with E-state index in [-0.39, 0.29) is 6.04 Å². The van der Waals surface area contributed by atoms with E-state index in [2.05, 4.69) is 47.9 Å². The minimum absolute atomic E-state index is 0.246. The summed E-state index contributed by atoms with van der Waals surface area (Å²) in [5.74, 6) is 5.60. The molecule has 3 N–H and O–H groups in total. The monoisotopic (exact) mass is 244 g/mol. The number of fused-ring (bicyclic) bond motifs is 1. The highest BCUT2D eigenvalue weighted by Crippen LogP contribution is 2.20. The SMILES string of the molecule is COCCC(Cc1cccc2ccccc12)NN. The van der Waals surface area contributed by atoms with Crippen LogP contribution in [0.25, 0.3) is 10.8 Å². The molecule has 0 saturated carbocycles. The molecule has 0 fully saturated rings. The second kappa shape index (κ2) is 6.50. The first kappa shape index (κ1) is 13.0. The number of rotatable bonds is 6. The zero-order valence-corrected chi connectivity index (χ0v) is 10.7. The molecule has 0 spiro atoms. The molecule has 0 aliphatic rings. The summed E-state index contributed by atoms with van der Waals surface area (Å²) >= 11 is 0. The Morgan fingerprint density at radius 1 is 1.17 bits per heavy atom. The molecular weight excluding hydrogens is 224 g/mol. The number of hydrazine groups is 1. The number of hydrogen-bond donors (Lipinski definition) is 2. The van der Waals surface area contributed by atoms with Crippen LogP contribution in [0.5, 0.6) is 0 Å². The highest BCUT2D eigenvalue weighted by molar-refractivity contribution is 5.85. The third-order valence-electron chi connectivity index (χ3n) is 3.25. The van der Waals surface area contributed by atoms with Crippen molar-refractivity contribution in [1.82, 2.24) is 5.43 Å². The number of hydrogen-bond acceptors (Lipinski definition) is 3. The largest absolute Gasteiger partial charge is 0.385 e. The molecule has 3 heteroatoms. The zero-order chi connectivity index (χ0) is 12.8. The Balaban J connectivity index is 2.19. The molecule has 2 aromatic carbocycles. The topological polar surface area (TPSA) is 47.3 Å². The van der Waals surface area contributed by atoms with Crippen molar-refractivity contribution in [1.29, 1.82) is 0 Å². The minimum atomic E-state index is 0.246. The Kier molecular flexibility index (Phi) is 4.70. The molecule has 3 nitrogen and oxygen atoms in total. The van der Waals surface area contributed by atoms with Gasteiger partial charge < -0.3 is 4.74 Å². The highest BCUT2D eigenvalue weighted by atomic mass is 16.5. The first-order valence-corrected chi connectivity index (χ1v) is 6.27. The molecule has 0 amide bonds. The summed E-state index contributed by atoms with van der Waals surface area (Å²) in [4.78, 5) is 0. The molecule has 2 rings (SSSR count). The van der Waals surface area contributed by atoms with E-state index < -0.39 is 0 Å². The van der Waals surface area contributed by atoms with Gasteiger partial charge in [0, 0.05) is 19.8 Å². The highest BCUT2D eigenvalue weighted by Gasteiger charge is 2.09. The summed E-state index contributed by atoms with van der Waals surface area (Å²) in [5, 5.41) is 2.58. The molecule has 18 heavy (non-hydrogen) atoms. The van der Waals surface area contributed by atoms with Gasteiger partial charge in [-0.3, -0.25) is 11.3 Å². The molecular formula is C15H20N2O. The number of benzene rings is 2. The van der Waals surface area contributed by atoms with Gasteiger partial charge in [-0.15, -0.1) is 0 Å². The van der Waals surface area contributed by atoms with Crippen molar-refractivity contribution in [3.8, 4) is 0 Å². The normalized spacial score (nSPS) is 12.8. The first-order valence-electron chi connectivity index (χ1n) is 6.27. The van der Waals surface area contributed by atoms with Crippen LogP contribution in [-0.4, -0.2) is 19.8 Å². The number of ether oxygens (including phenoxy) is 1. The Morgan fingerprint density at radius 2 is 1.94 bits per heavy atom. The van der Waals surface area contributed by atoms with Crippen molar-refractivity contribution in [3.63, 3.8) is 0 Å². The fourth-order valence-electron chi connectivity index (χ4n) is 2.24. The number of methoxy groups -OCH3 is 1. The van der Waals surface area contributed by atoms with Crippen LogP contribution in [-0.2, 0) is 11.2 Å². The van der Waals surface area contributed by atoms with Gasteiger partial charge in [0.15, 0.2) is 0 Å². The molecule has 1 unspecified atom stereocenters. The van der Waals surface area contributed by atoms with Crippen LogP contribution in [0.15, 0.2) is 42.5 Å². The molecule has 0 radical (unpaired) electrons. The van der Waals surface area contributed by atoms with E-state index in [1.807, 2.05) is 0 Å². The molecule has 1 atom stereocenters. The lowest BCUT2D eigenvalue weighted by atomic mass is 9.98. The standard InChI is InChI=1S/C15H20N2O/c1-18-10-9-14(17-16)11-13-7-4-6-12-5-2-3-8-15(12)13/h2-8,14,17H,9-11,16H2,1H3. The smallest absolute Gasteiger partial charge is 0.0477 e. The lowest BCUT2D eigenvalue weighted by Crippen LogP contribution is -2.37. The maximum absolute atomic E-state index is 5.60. The molecule has 0 bridgehead atoms. The van der Waals surface area contributed by atoms with E-state index in [0.717, 1.165) is 19.4 Å². The van der Waals surface area contributed by atoms with Crippen LogP contribution < -0.4 is 11.3 Å². The lowest BCUT2D eigenvalue weighted by Gasteiger charge is -2.16. The van der Waals surface area contributed by atoms with Crippen LogP contribution in [0.1, 0.15) is 12.0 Å². The van der Waals surface area contributed by atoms with Crippen molar-refractivity contribution in [2.75, 3.05) is 13.7 Å². The van der Waals surface area contributed by atoms with Crippen molar-refractivity contribution < 1.29 is 4.74 Å². The van der Waals surface area contributed by atoms with Gasteiger partial charge in [0.25, 0.3) is 0 Å². The van der Waals surface area contributed by atoms with E-state index in [1.165, 1.54) is 16.3 Å². The van der Waals surface area contributed by atoms with Crippen molar-refractivity contribution in [2.45, 2.75) is 18.9 Å². The summed E-state index contributed by atoms with van der Waals surface area (Å²) in [5.41, 5.74) is 4.20. The summed E-state index contributed by atoms with van der Waals surface area (Å²) in [6.07, 6.45) is 1.83. The van der Waals surface area contributed by atoms with Gasteiger partial charge in [-0.25, -0.2) is 0 Å². The molecule has 0 aliphatic carbocycles. The van der Waals surface area contributed by atoms with Crippen molar-refractivity contribution in [3.05, 3.63) is 48.0 Å². The van der Waals surface area contributed by atoms with E-state index >= 15 is 0 Å². The zero-order valence-electron chi connectivity index (χ0n) is 10.7. The minimum Gasteiger partial charge on any atom is -0.385 e. The second-order valence-electron chi connectivity index (χ2n) is 4.49. The molecule has 96 valence electrons. The van der Waals surface area contributed by atoms with Gasteiger partial charge in [0.1, 0.15) is 0 Å². The van der Waals surface area contributed by atoms with Gasteiger partial charge in [0.05, 0.1) is 0 Å². The van der Waals surface area contributed by atoms with Gasteiger partial charge in [-0.2, -0.15) is 0 Å². The quantitative estimate of drug-likeness (QED) is 0.605. The third kappa shape index (κ3) is 3.07. The molecule has 0 aromatic heterocycles. The Morgan fingerprint density at radius 3 is 2.72 bits per heavy atom. The summed E-state index contributed by atoms with van der Waals surface area (Å²) in [6.45, 7) is 0.722. The molecule has 2 aromatic rings.